The molecular formula is C22H19N3O3S. The summed E-state index contributed by atoms with van der Waals surface area (Å²) in [7, 11) is 1.64. The third-order valence-corrected chi connectivity index (χ3v) is 6.17. The first-order chi connectivity index (χ1) is 14.2. The van der Waals surface area contributed by atoms with E-state index in [1.54, 1.807) is 18.4 Å². The van der Waals surface area contributed by atoms with Gasteiger partial charge in [0.2, 0.25) is 5.88 Å². The maximum atomic E-state index is 12.9. The number of fused-ring (bicyclic) bond motifs is 1. The second-order valence-corrected chi connectivity index (χ2v) is 7.94. The molecular weight excluding hydrogens is 386 g/mol. The van der Waals surface area contributed by atoms with Gasteiger partial charge in [0.1, 0.15) is 23.7 Å². The minimum atomic E-state index is -0.219. The summed E-state index contributed by atoms with van der Waals surface area (Å²) in [5.74, 6) is 2.62. The molecule has 29 heavy (non-hydrogen) atoms. The zero-order chi connectivity index (χ0) is 19.8. The molecule has 0 saturated carbocycles. The number of ether oxygens (including phenoxy) is 2. The second-order valence-electron chi connectivity index (χ2n) is 6.96. The number of nitrogens with zero attached hydrogens (tertiary/aromatic N) is 2. The van der Waals surface area contributed by atoms with Gasteiger partial charge in [0.25, 0.3) is 0 Å². The molecule has 1 aromatic carbocycles. The average molecular weight is 405 g/mol. The van der Waals surface area contributed by atoms with Crippen molar-refractivity contribution in [3.8, 4) is 11.6 Å². The number of anilines is 2. The number of rotatable bonds is 4. The summed E-state index contributed by atoms with van der Waals surface area (Å²) in [5.41, 5.74) is 2.42. The van der Waals surface area contributed by atoms with E-state index >= 15 is 0 Å². The summed E-state index contributed by atoms with van der Waals surface area (Å²) in [6.45, 7) is 0. The molecule has 0 saturated heterocycles. The lowest BCUT2D eigenvalue weighted by Gasteiger charge is -2.32. The Morgan fingerprint density at radius 2 is 2.03 bits per heavy atom. The fourth-order valence-electron chi connectivity index (χ4n) is 3.90. The zero-order valence-electron chi connectivity index (χ0n) is 15.8. The van der Waals surface area contributed by atoms with Crippen molar-refractivity contribution >= 4 is 28.6 Å². The smallest absolute Gasteiger partial charge is 0.228 e. The number of benzene rings is 1. The molecule has 1 N–H and O–H groups in total. The minimum Gasteiger partial charge on any atom is -0.497 e. The molecule has 0 fully saturated rings. The SMILES string of the molecule is COc1ccc(Nc2ncnc3c2C(c2cccs2)C2=C(CCCC2=O)O3)cc1. The predicted molar refractivity (Wildman–Crippen MR) is 111 cm³/mol. The van der Waals surface area contributed by atoms with Crippen LogP contribution in [0.2, 0.25) is 0 Å². The van der Waals surface area contributed by atoms with Crippen molar-refractivity contribution < 1.29 is 14.3 Å². The molecule has 0 bridgehead atoms. The molecule has 3 heterocycles. The molecule has 0 spiro atoms. The average Bonchev–Trinajstić information content (AvgIpc) is 3.28. The van der Waals surface area contributed by atoms with Crippen molar-refractivity contribution in [2.75, 3.05) is 12.4 Å². The number of carbonyl (C=O) groups is 1. The van der Waals surface area contributed by atoms with Gasteiger partial charge in [0.15, 0.2) is 5.78 Å². The van der Waals surface area contributed by atoms with Gasteiger partial charge in [-0.1, -0.05) is 6.07 Å². The van der Waals surface area contributed by atoms with Gasteiger partial charge < -0.3 is 14.8 Å². The number of thiophene rings is 1. The number of allylic oxidation sites excluding steroid dienone is 2. The molecule has 1 atom stereocenters. The van der Waals surface area contributed by atoms with Gasteiger partial charge in [-0.25, -0.2) is 9.97 Å². The van der Waals surface area contributed by atoms with Gasteiger partial charge in [-0.05, 0) is 42.1 Å². The third-order valence-electron chi connectivity index (χ3n) is 5.23. The van der Waals surface area contributed by atoms with Crippen LogP contribution in [0.5, 0.6) is 11.6 Å². The summed E-state index contributed by atoms with van der Waals surface area (Å²) in [5, 5.41) is 5.40. The van der Waals surface area contributed by atoms with Crippen molar-refractivity contribution in [3.63, 3.8) is 0 Å². The lowest BCUT2D eigenvalue weighted by molar-refractivity contribution is -0.116. The van der Waals surface area contributed by atoms with E-state index in [0.29, 0.717) is 18.1 Å². The second kappa shape index (κ2) is 7.33. The van der Waals surface area contributed by atoms with Crippen molar-refractivity contribution in [2.24, 2.45) is 0 Å². The number of carbonyl (C=O) groups excluding carboxylic acids is 1. The quantitative estimate of drug-likeness (QED) is 0.671. The summed E-state index contributed by atoms with van der Waals surface area (Å²) >= 11 is 1.63. The van der Waals surface area contributed by atoms with E-state index < -0.39 is 0 Å². The van der Waals surface area contributed by atoms with Gasteiger partial charge in [-0.3, -0.25) is 4.79 Å². The minimum absolute atomic E-state index is 0.148. The molecule has 3 aromatic rings. The van der Waals surface area contributed by atoms with E-state index in [-0.39, 0.29) is 11.7 Å². The highest BCUT2D eigenvalue weighted by atomic mass is 32.1. The van der Waals surface area contributed by atoms with Crippen molar-refractivity contribution in [3.05, 3.63) is 69.9 Å². The number of methoxy groups -OCH3 is 1. The molecule has 7 heteroatoms. The fraction of sp³-hybridized carbons (Fsp3) is 0.227. The lowest BCUT2D eigenvalue weighted by atomic mass is 9.80. The van der Waals surface area contributed by atoms with Crippen molar-refractivity contribution in [1.29, 1.82) is 0 Å². The Bertz CT molecular complexity index is 1090. The molecule has 6 nitrogen and oxygen atoms in total. The Morgan fingerprint density at radius 1 is 1.17 bits per heavy atom. The third kappa shape index (κ3) is 3.17. The molecule has 146 valence electrons. The highest BCUT2D eigenvalue weighted by Crippen LogP contribution is 2.49. The summed E-state index contributed by atoms with van der Waals surface area (Å²) in [6, 6.07) is 11.7. The summed E-state index contributed by atoms with van der Waals surface area (Å²) < 4.78 is 11.3. The van der Waals surface area contributed by atoms with Crippen LogP contribution in [0.3, 0.4) is 0 Å². The molecule has 1 aliphatic carbocycles. The lowest BCUT2D eigenvalue weighted by Crippen LogP contribution is -2.26. The maximum Gasteiger partial charge on any atom is 0.228 e. The van der Waals surface area contributed by atoms with Crippen molar-refractivity contribution in [1.82, 2.24) is 9.97 Å². The molecule has 1 unspecified atom stereocenters. The van der Waals surface area contributed by atoms with E-state index in [1.165, 1.54) is 6.33 Å². The molecule has 2 aliphatic rings. The Hall–Kier alpha value is -3.19. The number of ketones is 1. The van der Waals surface area contributed by atoms with Crippen LogP contribution in [0.1, 0.15) is 35.6 Å². The Balaban J connectivity index is 1.63. The van der Waals surface area contributed by atoms with Gasteiger partial charge in [0.05, 0.1) is 18.6 Å². The monoisotopic (exact) mass is 405 g/mol. The number of aromatic nitrogens is 2. The summed E-state index contributed by atoms with van der Waals surface area (Å²) in [4.78, 5) is 22.8. The number of Topliss-reactive ketones (excluding diaryl/α,β-unsaturated/α-hetero) is 1. The normalized spacial score (nSPS) is 18.0. The van der Waals surface area contributed by atoms with E-state index in [4.69, 9.17) is 9.47 Å². The number of nitrogens with one attached hydrogen (secondary N) is 1. The van der Waals surface area contributed by atoms with Crippen molar-refractivity contribution in [2.45, 2.75) is 25.2 Å². The molecule has 5 rings (SSSR count). The van der Waals surface area contributed by atoms with Crippen LogP contribution < -0.4 is 14.8 Å². The molecule has 2 aromatic heterocycles. The van der Waals surface area contributed by atoms with Crippen LogP contribution in [0.15, 0.2) is 59.4 Å². The molecule has 1 aliphatic heterocycles. The predicted octanol–water partition coefficient (Wildman–Crippen LogP) is 4.82. The van der Waals surface area contributed by atoms with Gasteiger partial charge in [-0.2, -0.15) is 0 Å². The standard InChI is InChI=1S/C22H19N3O3S/c1-27-14-9-7-13(8-10-14)25-21-20-19(17-6-3-11-29-17)18-15(26)4-2-5-16(18)28-22(20)24-12-23-21/h3,6-12,19H,2,4-5H2,1H3,(H,23,24,25). The van der Waals surface area contributed by atoms with E-state index in [2.05, 4.69) is 21.4 Å². The maximum absolute atomic E-state index is 12.9. The van der Waals surface area contributed by atoms with Gasteiger partial charge in [0, 0.05) is 29.0 Å². The highest BCUT2D eigenvalue weighted by Gasteiger charge is 2.39. The van der Waals surface area contributed by atoms with Crippen LogP contribution >= 0.6 is 11.3 Å². The zero-order valence-corrected chi connectivity index (χ0v) is 16.7. The van der Waals surface area contributed by atoms with Crippen LogP contribution in [-0.4, -0.2) is 22.9 Å². The first-order valence-corrected chi connectivity index (χ1v) is 10.4. The fourth-order valence-corrected chi connectivity index (χ4v) is 4.74. The van der Waals surface area contributed by atoms with E-state index in [1.807, 2.05) is 35.7 Å². The van der Waals surface area contributed by atoms with Gasteiger partial charge >= 0.3 is 0 Å². The Labute approximate surface area is 172 Å². The Morgan fingerprint density at radius 3 is 2.79 bits per heavy atom. The summed E-state index contributed by atoms with van der Waals surface area (Å²) in [6.07, 6.45) is 3.61. The Kier molecular flexibility index (Phi) is 4.52. The van der Waals surface area contributed by atoms with Crippen LogP contribution in [0, 0.1) is 0 Å². The van der Waals surface area contributed by atoms with Gasteiger partial charge in [-0.15, -0.1) is 11.3 Å². The first-order valence-electron chi connectivity index (χ1n) is 9.48. The molecule has 0 radical (unpaired) electrons. The van der Waals surface area contributed by atoms with Crippen LogP contribution in [-0.2, 0) is 4.79 Å². The van der Waals surface area contributed by atoms with Crippen LogP contribution in [0.25, 0.3) is 0 Å². The van der Waals surface area contributed by atoms with E-state index in [0.717, 1.165) is 46.1 Å². The molecule has 0 amide bonds. The first kappa shape index (κ1) is 17.9. The van der Waals surface area contributed by atoms with E-state index in [9.17, 15) is 4.79 Å². The number of hydrogen-bond acceptors (Lipinski definition) is 7. The largest absolute Gasteiger partial charge is 0.497 e. The topological polar surface area (TPSA) is 73.3 Å². The highest BCUT2D eigenvalue weighted by molar-refractivity contribution is 7.10. The van der Waals surface area contributed by atoms with Crippen LogP contribution in [0.4, 0.5) is 11.5 Å². The number of hydrogen-bond donors (Lipinski definition) is 1.